The van der Waals surface area contributed by atoms with Crippen LogP contribution < -0.4 is 14.2 Å². The Morgan fingerprint density at radius 2 is 1.23 bits per heavy atom. The minimum absolute atomic E-state index is 0.0639. The molecule has 0 amide bonds. The first-order valence-corrected chi connectivity index (χ1v) is 13.0. The van der Waals surface area contributed by atoms with Gasteiger partial charge in [-0.1, -0.05) is 24.2 Å². The fourth-order valence-electron chi connectivity index (χ4n) is 3.19. The Kier molecular flexibility index (Phi) is 11.8. The lowest BCUT2D eigenvalue weighted by Gasteiger charge is -2.10. The maximum absolute atomic E-state index is 12.5. The van der Waals surface area contributed by atoms with E-state index in [0.29, 0.717) is 17.9 Å². The molecule has 0 aliphatic heterocycles. The summed E-state index contributed by atoms with van der Waals surface area (Å²) in [6.07, 6.45) is 0.353. The minimum Gasteiger partial charge on any atom is -0.462 e. The number of benzene rings is 3. The van der Waals surface area contributed by atoms with Crippen molar-refractivity contribution >= 4 is 41.3 Å². The quantitative estimate of drug-likeness (QED) is 0.0615. The number of ether oxygens (including phenoxy) is 6. The van der Waals surface area contributed by atoms with Crippen molar-refractivity contribution in [3.05, 3.63) is 101 Å². The van der Waals surface area contributed by atoms with Gasteiger partial charge in [0.05, 0.1) is 22.8 Å². The first kappa shape index (κ1) is 32.4. The van der Waals surface area contributed by atoms with Crippen molar-refractivity contribution < 1.29 is 52.4 Å². The largest absolute Gasteiger partial charge is 0.462 e. The Labute approximate surface area is 251 Å². The Morgan fingerprint density at radius 3 is 1.74 bits per heavy atom. The van der Waals surface area contributed by atoms with Crippen LogP contribution in [0.15, 0.2) is 78.9 Å². The SMILES string of the molecule is C=C(C)C(=O)OCOc1ccc(C(=O)Oc2ccc(CCOC(=O)c3ccc(OCOC(=O)C(C)=O)cc3)cc2Cl)cc1. The highest BCUT2D eigenvalue weighted by atomic mass is 35.5. The molecule has 0 aromatic heterocycles. The summed E-state index contributed by atoms with van der Waals surface area (Å²) in [5.41, 5.74) is 1.52. The predicted molar refractivity (Wildman–Crippen MR) is 152 cm³/mol. The molecule has 0 aliphatic rings. The van der Waals surface area contributed by atoms with Crippen LogP contribution in [0.1, 0.15) is 40.1 Å². The molecule has 3 aromatic carbocycles. The predicted octanol–water partition coefficient (Wildman–Crippen LogP) is 4.88. The number of ketones is 1. The van der Waals surface area contributed by atoms with Crippen molar-refractivity contribution in [3.8, 4) is 17.2 Å². The van der Waals surface area contributed by atoms with Crippen LogP contribution in [0.25, 0.3) is 0 Å². The molecule has 0 unspecified atom stereocenters. The first-order valence-electron chi connectivity index (χ1n) is 12.7. The van der Waals surface area contributed by atoms with E-state index in [4.69, 9.17) is 35.3 Å². The Morgan fingerprint density at radius 1 is 0.698 bits per heavy atom. The molecule has 0 spiro atoms. The summed E-state index contributed by atoms with van der Waals surface area (Å²) in [5.74, 6) is -2.66. The zero-order valence-electron chi connectivity index (χ0n) is 23.3. The molecule has 0 aliphatic carbocycles. The summed E-state index contributed by atoms with van der Waals surface area (Å²) in [6.45, 7) is 5.40. The van der Waals surface area contributed by atoms with Gasteiger partial charge < -0.3 is 28.4 Å². The zero-order chi connectivity index (χ0) is 31.4. The fraction of sp³-hybridized carbons (Fsp3) is 0.194. The van der Waals surface area contributed by atoms with Crippen LogP contribution in [-0.2, 0) is 35.0 Å². The van der Waals surface area contributed by atoms with Gasteiger partial charge in [-0.3, -0.25) is 4.79 Å². The Bertz CT molecular complexity index is 1500. The van der Waals surface area contributed by atoms with Crippen molar-refractivity contribution in [2.75, 3.05) is 20.2 Å². The third kappa shape index (κ3) is 10.3. The number of esters is 4. The third-order valence-corrected chi connectivity index (χ3v) is 5.77. The average Bonchev–Trinajstić information content (AvgIpc) is 2.98. The first-order chi connectivity index (χ1) is 20.5. The summed E-state index contributed by atoms with van der Waals surface area (Å²) >= 11 is 6.30. The number of carbonyl (C=O) groups excluding carboxylic acids is 5. The Hall–Kier alpha value is -5.16. The molecule has 12 heteroatoms. The van der Waals surface area contributed by atoms with E-state index in [9.17, 15) is 24.0 Å². The van der Waals surface area contributed by atoms with Gasteiger partial charge in [0.25, 0.3) is 0 Å². The summed E-state index contributed by atoms with van der Waals surface area (Å²) in [6, 6.07) is 16.8. The lowest BCUT2D eigenvalue weighted by Crippen LogP contribution is -2.17. The number of hydrogen-bond acceptors (Lipinski definition) is 11. The van der Waals surface area contributed by atoms with Crippen molar-refractivity contribution in [2.45, 2.75) is 20.3 Å². The van der Waals surface area contributed by atoms with Crippen LogP contribution in [-0.4, -0.2) is 49.9 Å². The molecule has 0 radical (unpaired) electrons. The highest BCUT2D eigenvalue weighted by molar-refractivity contribution is 6.32. The van der Waals surface area contributed by atoms with Gasteiger partial charge in [0.1, 0.15) is 17.2 Å². The summed E-state index contributed by atoms with van der Waals surface area (Å²) in [5, 5.41) is 0.195. The number of rotatable bonds is 14. The second-order valence-electron chi connectivity index (χ2n) is 8.81. The molecule has 0 fully saturated rings. The molecule has 3 aromatic rings. The van der Waals surface area contributed by atoms with Gasteiger partial charge in [0.15, 0.2) is 0 Å². The molecule has 0 saturated carbocycles. The molecular weight excluding hydrogens is 584 g/mol. The van der Waals surface area contributed by atoms with Crippen LogP contribution >= 0.6 is 11.6 Å². The van der Waals surface area contributed by atoms with Crippen molar-refractivity contribution in [3.63, 3.8) is 0 Å². The highest BCUT2D eigenvalue weighted by Gasteiger charge is 2.14. The molecule has 0 saturated heterocycles. The minimum atomic E-state index is -1.01. The molecule has 0 atom stereocenters. The van der Waals surface area contributed by atoms with E-state index < -0.39 is 36.5 Å². The fourth-order valence-corrected chi connectivity index (χ4v) is 3.43. The van der Waals surface area contributed by atoms with E-state index in [1.165, 1.54) is 61.5 Å². The average molecular weight is 611 g/mol. The van der Waals surface area contributed by atoms with Gasteiger partial charge in [-0.2, -0.15) is 0 Å². The van der Waals surface area contributed by atoms with Gasteiger partial charge in [-0.05, 0) is 73.2 Å². The monoisotopic (exact) mass is 610 g/mol. The lowest BCUT2D eigenvalue weighted by atomic mass is 10.1. The molecule has 43 heavy (non-hydrogen) atoms. The molecule has 0 N–H and O–H groups in total. The van der Waals surface area contributed by atoms with Gasteiger partial charge in [0.2, 0.25) is 19.4 Å². The van der Waals surface area contributed by atoms with Gasteiger partial charge in [0, 0.05) is 18.9 Å². The second kappa shape index (κ2) is 15.7. The zero-order valence-corrected chi connectivity index (χ0v) is 24.0. The van der Waals surface area contributed by atoms with Crippen molar-refractivity contribution in [1.82, 2.24) is 0 Å². The van der Waals surface area contributed by atoms with Crippen LogP contribution in [0.5, 0.6) is 17.2 Å². The van der Waals surface area contributed by atoms with E-state index in [1.807, 2.05) is 0 Å². The van der Waals surface area contributed by atoms with E-state index in [2.05, 4.69) is 11.3 Å². The Balaban J connectivity index is 1.43. The molecule has 0 heterocycles. The van der Waals surface area contributed by atoms with Crippen LogP contribution in [0.3, 0.4) is 0 Å². The third-order valence-electron chi connectivity index (χ3n) is 5.47. The van der Waals surface area contributed by atoms with E-state index in [0.717, 1.165) is 12.5 Å². The number of Topliss-reactive ketones (excluding diaryl/α,β-unsaturated/α-hetero) is 1. The summed E-state index contributed by atoms with van der Waals surface area (Å²) in [4.78, 5) is 58.2. The van der Waals surface area contributed by atoms with Crippen LogP contribution in [0, 0.1) is 0 Å². The maximum atomic E-state index is 12.5. The topological polar surface area (TPSA) is 141 Å². The summed E-state index contributed by atoms with van der Waals surface area (Å²) in [7, 11) is 0. The molecule has 0 bridgehead atoms. The number of carbonyl (C=O) groups is 5. The highest BCUT2D eigenvalue weighted by Crippen LogP contribution is 2.27. The smallest absolute Gasteiger partial charge is 0.377 e. The molecular formula is C31H27ClO11. The van der Waals surface area contributed by atoms with Crippen LogP contribution in [0.2, 0.25) is 5.02 Å². The second-order valence-corrected chi connectivity index (χ2v) is 9.22. The normalized spacial score (nSPS) is 10.2. The maximum Gasteiger partial charge on any atom is 0.377 e. The van der Waals surface area contributed by atoms with Crippen molar-refractivity contribution in [2.24, 2.45) is 0 Å². The van der Waals surface area contributed by atoms with Gasteiger partial charge in [-0.25, -0.2) is 19.2 Å². The number of hydrogen-bond donors (Lipinski definition) is 0. The summed E-state index contributed by atoms with van der Waals surface area (Å²) < 4.78 is 30.6. The van der Waals surface area contributed by atoms with E-state index in [-0.39, 0.29) is 40.9 Å². The lowest BCUT2D eigenvalue weighted by molar-refractivity contribution is -0.157. The number of halogens is 1. The van der Waals surface area contributed by atoms with Crippen LogP contribution in [0.4, 0.5) is 0 Å². The molecule has 224 valence electrons. The van der Waals surface area contributed by atoms with E-state index in [1.54, 1.807) is 12.1 Å². The van der Waals surface area contributed by atoms with Crippen molar-refractivity contribution in [1.29, 1.82) is 0 Å². The van der Waals surface area contributed by atoms with Gasteiger partial charge >= 0.3 is 23.9 Å². The standard InChI is InChI=1S/C31H27ClO11/c1-19(2)28(34)41-17-39-25-11-7-23(8-12-25)31(37)43-27-13-4-21(16-26(27)32)14-15-38-30(36)22-5-9-24(10-6-22)40-18-42-29(35)20(3)33/h4-13,16H,1,14-15,17-18H2,2-3H3. The molecule has 11 nitrogen and oxygen atoms in total. The van der Waals surface area contributed by atoms with Gasteiger partial charge in [-0.15, -0.1) is 0 Å². The van der Waals surface area contributed by atoms with E-state index >= 15 is 0 Å². The molecule has 3 rings (SSSR count).